The predicted molar refractivity (Wildman–Crippen MR) is 82.4 cm³/mol. The number of rotatable bonds is 7. The van der Waals surface area contributed by atoms with Gasteiger partial charge in [0.15, 0.2) is 0 Å². The van der Waals surface area contributed by atoms with E-state index < -0.39 is 10.0 Å². The number of anilines is 1. The van der Waals surface area contributed by atoms with Gasteiger partial charge >= 0.3 is 0 Å². The molecule has 0 atom stereocenters. The maximum Gasteiger partial charge on any atom is 0.240 e. The van der Waals surface area contributed by atoms with Crippen LogP contribution in [0.2, 0.25) is 0 Å². The van der Waals surface area contributed by atoms with E-state index in [0.717, 1.165) is 18.5 Å². The van der Waals surface area contributed by atoms with Gasteiger partial charge in [-0.25, -0.2) is 13.1 Å². The Morgan fingerprint density at radius 2 is 1.80 bits per heavy atom. The molecule has 4 nitrogen and oxygen atoms in total. The van der Waals surface area contributed by atoms with Crippen LogP contribution >= 0.6 is 0 Å². The molecule has 0 aromatic heterocycles. The maximum atomic E-state index is 12.0. The molecule has 0 amide bonds. The van der Waals surface area contributed by atoms with Gasteiger partial charge in [0, 0.05) is 17.8 Å². The molecule has 0 aliphatic heterocycles. The van der Waals surface area contributed by atoms with E-state index in [1.165, 1.54) is 19.3 Å². The first-order valence-electron chi connectivity index (χ1n) is 7.39. The molecule has 0 bridgehead atoms. The topological polar surface area (TPSA) is 58.2 Å². The maximum absolute atomic E-state index is 12.0. The fourth-order valence-corrected chi connectivity index (χ4v) is 3.65. The lowest BCUT2D eigenvalue weighted by Gasteiger charge is -2.43. The zero-order valence-corrected chi connectivity index (χ0v) is 13.1. The standard InChI is InChI=1S/C15H24N2O2S/c1-3-12-16-20(18,19)14-8-6-13(7-9-14)17-15(4-2)10-5-11-15/h6-9,16-17H,3-5,10-12H2,1-2H3. The number of sulfonamides is 1. The van der Waals surface area contributed by atoms with Crippen molar-refractivity contribution in [3.63, 3.8) is 0 Å². The SMILES string of the molecule is CCCNS(=O)(=O)c1ccc(NC2(CC)CCC2)cc1. The number of nitrogens with one attached hydrogen (secondary N) is 2. The summed E-state index contributed by atoms with van der Waals surface area (Å²) in [5, 5.41) is 3.55. The third-order valence-electron chi connectivity index (χ3n) is 4.10. The predicted octanol–water partition coefficient (Wildman–Crippen LogP) is 3.12. The summed E-state index contributed by atoms with van der Waals surface area (Å²) in [4.78, 5) is 0.329. The third kappa shape index (κ3) is 3.33. The molecule has 1 fully saturated rings. The molecule has 2 N–H and O–H groups in total. The molecule has 0 saturated heterocycles. The van der Waals surface area contributed by atoms with E-state index in [9.17, 15) is 8.42 Å². The first-order chi connectivity index (χ1) is 9.51. The lowest BCUT2D eigenvalue weighted by molar-refractivity contribution is 0.269. The molecule has 1 aliphatic carbocycles. The average Bonchev–Trinajstić information content (AvgIpc) is 2.41. The minimum atomic E-state index is -3.36. The van der Waals surface area contributed by atoms with Gasteiger partial charge in [-0.05, 0) is 56.4 Å². The van der Waals surface area contributed by atoms with Crippen molar-refractivity contribution in [1.29, 1.82) is 0 Å². The monoisotopic (exact) mass is 296 g/mol. The average molecular weight is 296 g/mol. The second kappa shape index (κ2) is 6.14. The van der Waals surface area contributed by atoms with E-state index in [4.69, 9.17) is 0 Å². The van der Waals surface area contributed by atoms with Crippen LogP contribution in [0.5, 0.6) is 0 Å². The number of hydrogen-bond acceptors (Lipinski definition) is 3. The summed E-state index contributed by atoms with van der Waals surface area (Å²) in [5.74, 6) is 0. The van der Waals surface area contributed by atoms with E-state index in [1.807, 2.05) is 19.1 Å². The smallest absolute Gasteiger partial charge is 0.240 e. The first kappa shape index (κ1) is 15.3. The molecule has 0 spiro atoms. The highest BCUT2D eigenvalue weighted by atomic mass is 32.2. The van der Waals surface area contributed by atoms with Gasteiger partial charge in [0.2, 0.25) is 10.0 Å². The van der Waals surface area contributed by atoms with Crippen molar-refractivity contribution in [3.05, 3.63) is 24.3 Å². The molecule has 20 heavy (non-hydrogen) atoms. The van der Waals surface area contributed by atoms with Gasteiger partial charge in [0.1, 0.15) is 0 Å². The molecule has 1 aromatic rings. The van der Waals surface area contributed by atoms with E-state index >= 15 is 0 Å². The number of benzene rings is 1. The van der Waals surface area contributed by atoms with Crippen molar-refractivity contribution in [2.45, 2.75) is 56.4 Å². The molecule has 0 heterocycles. The lowest BCUT2D eigenvalue weighted by Crippen LogP contribution is -2.44. The highest BCUT2D eigenvalue weighted by Crippen LogP contribution is 2.37. The summed E-state index contributed by atoms with van der Waals surface area (Å²) in [6.07, 6.45) is 5.56. The summed E-state index contributed by atoms with van der Waals surface area (Å²) in [7, 11) is -3.36. The summed E-state index contributed by atoms with van der Waals surface area (Å²) in [5.41, 5.74) is 1.22. The highest BCUT2D eigenvalue weighted by Gasteiger charge is 2.34. The van der Waals surface area contributed by atoms with Crippen molar-refractivity contribution in [3.8, 4) is 0 Å². The van der Waals surface area contributed by atoms with Gasteiger partial charge in [0.25, 0.3) is 0 Å². The fraction of sp³-hybridized carbons (Fsp3) is 0.600. The molecular formula is C15H24N2O2S. The molecule has 0 radical (unpaired) electrons. The second-order valence-electron chi connectivity index (χ2n) is 5.53. The van der Waals surface area contributed by atoms with Crippen molar-refractivity contribution in [2.24, 2.45) is 0 Å². The molecule has 2 rings (SSSR count). The van der Waals surface area contributed by atoms with Gasteiger partial charge in [-0.1, -0.05) is 13.8 Å². The lowest BCUT2D eigenvalue weighted by atomic mass is 9.74. The fourth-order valence-electron chi connectivity index (χ4n) is 2.51. The Labute approximate surface area is 122 Å². The van der Waals surface area contributed by atoms with Crippen LogP contribution in [0.3, 0.4) is 0 Å². The Kier molecular flexibility index (Phi) is 4.70. The largest absolute Gasteiger partial charge is 0.380 e. The summed E-state index contributed by atoms with van der Waals surface area (Å²) in [6.45, 7) is 4.61. The molecule has 0 unspecified atom stereocenters. The zero-order chi connectivity index (χ0) is 14.6. The van der Waals surface area contributed by atoms with Crippen LogP contribution in [0.4, 0.5) is 5.69 Å². The van der Waals surface area contributed by atoms with Crippen LogP contribution in [0.15, 0.2) is 29.2 Å². The minimum Gasteiger partial charge on any atom is -0.380 e. The zero-order valence-electron chi connectivity index (χ0n) is 12.3. The Morgan fingerprint density at radius 3 is 2.25 bits per heavy atom. The van der Waals surface area contributed by atoms with Gasteiger partial charge in [-0.2, -0.15) is 0 Å². The van der Waals surface area contributed by atoms with Crippen molar-refractivity contribution in [2.75, 3.05) is 11.9 Å². The molecule has 1 aliphatic rings. The quantitative estimate of drug-likeness (QED) is 0.813. The highest BCUT2D eigenvalue weighted by molar-refractivity contribution is 7.89. The van der Waals surface area contributed by atoms with Crippen LogP contribution in [0, 0.1) is 0 Å². The summed E-state index contributed by atoms with van der Waals surface area (Å²) >= 11 is 0. The minimum absolute atomic E-state index is 0.223. The van der Waals surface area contributed by atoms with Gasteiger partial charge in [0.05, 0.1) is 4.90 Å². The summed E-state index contributed by atoms with van der Waals surface area (Å²) in [6, 6.07) is 7.05. The normalized spacial score (nSPS) is 17.5. The van der Waals surface area contributed by atoms with Gasteiger partial charge in [-0.15, -0.1) is 0 Å². The van der Waals surface area contributed by atoms with Crippen molar-refractivity contribution in [1.82, 2.24) is 4.72 Å². The van der Waals surface area contributed by atoms with Crippen LogP contribution in [0.25, 0.3) is 0 Å². The van der Waals surface area contributed by atoms with E-state index in [1.54, 1.807) is 12.1 Å². The molecule has 112 valence electrons. The van der Waals surface area contributed by atoms with E-state index in [0.29, 0.717) is 11.4 Å². The first-order valence-corrected chi connectivity index (χ1v) is 8.87. The Bertz CT molecular complexity index is 528. The summed E-state index contributed by atoms with van der Waals surface area (Å²) < 4.78 is 26.5. The Balaban J connectivity index is 2.06. The van der Waals surface area contributed by atoms with Crippen LogP contribution in [-0.2, 0) is 10.0 Å². The van der Waals surface area contributed by atoms with E-state index in [-0.39, 0.29) is 5.54 Å². The number of hydrogen-bond donors (Lipinski definition) is 2. The van der Waals surface area contributed by atoms with Crippen LogP contribution in [0.1, 0.15) is 46.0 Å². The Hall–Kier alpha value is -1.07. The van der Waals surface area contributed by atoms with E-state index in [2.05, 4.69) is 17.0 Å². The molecule has 1 saturated carbocycles. The molecule has 1 aromatic carbocycles. The second-order valence-corrected chi connectivity index (χ2v) is 7.30. The Morgan fingerprint density at radius 1 is 1.15 bits per heavy atom. The van der Waals surface area contributed by atoms with Gasteiger partial charge < -0.3 is 5.32 Å². The van der Waals surface area contributed by atoms with Crippen molar-refractivity contribution < 1.29 is 8.42 Å². The molecular weight excluding hydrogens is 272 g/mol. The van der Waals surface area contributed by atoms with Crippen LogP contribution < -0.4 is 10.0 Å². The third-order valence-corrected chi connectivity index (χ3v) is 5.58. The van der Waals surface area contributed by atoms with Crippen LogP contribution in [-0.4, -0.2) is 20.5 Å². The molecule has 5 heteroatoms. The van der Waals surface area contributed by atoms with Gasteiger partial charge in [-0.3, -0.25) is 0 Å². The van der Waals surface area contributed by atoms with Crippen molar-refractivity contribution >= 4 is 15.7 Å².